The summed E-state index contributed by atoms with van der Waals surface area (Å²) in [7, 11) is 0. The van der Waals surface area contributed by atoms with Crippen molar-refractivity contribution in [2.75, 3.05) is 18.5 Å². The highest BCUT2D eigenvalue weighted by Gasteiger charge is 2.42. The van der Waals surface area contributed by atoms with Crippen molar-refractivity contribution in [3.8, 4) is 0 Å². The Labute approximate surface area is 122 Å². The Morgan fingerprint density at radius 1 is 1.10 bits per heavy atom. The van der Waals surface area contributed by atoms with Gasteiger partial charge < -0.3 is 10.1 Å². The van der Waals surface area contributed by atoms with Gasteiger partial charge in [0.05, 0.1) is 5.41 Å². The quantitative estimate of drug-likeness (QED) is 0.939. The highest BCUT2D eigenvalue weighted by molar-refractivity contribution is 7.10. The van der Waals surface area contributed by atoms with Crippen LogP contribution in [0.1, 0.15) is 17.7 Å². The largest absolute Gasteiger partial charge is 0.381 e. The number of thiophene rings is 1. The van der Waals surface area contributed by atoms with Crippen LogP contribution in [0, 0.1) is 0 Å². The van der Waals surface area contributed by atoms with Crippen LogP contribution in [0.5, 0.6) is 0 Å². The van der Waals surface area contributed by atoms with E-state index < -0.39 is 5.41 Å². The molecule has 3 nitrogen and oxygen atoms in total. The minimum absolute atomic E-state index is 0.0782. The number of carbonyl (C=O) groups is 1. The van der Waals surface area contributed by atoms with Gasteiger partial charge in [0.15, 0.2) is 0 Å². The van der Waals surface area contributed by atoms with Crippen LogP contribution in [0.4, 0.5) is 5.69 Å². The zero-order valence-corrected chi connectivity index (χ0v) is 12.0. The van der Waals surface area contributed by atoms with Gasteiger partial charge in [-0.05, 0) is 36.4 Å². The van der Waals surface area contributed by atoms with E-state index in [1.165, 1.54) is 0 Å². The number of hydrogen-bond acceptors (Lipinski definition) is 3. The van der Waals surface area contributed by atoms with Gasteiger partial charge in [0.25, 0.3) is 0 Å². The van der Waals surface area contributed by atoms with Crippen LogP contribution in [0.15, 0.2) is 47.8 Å². The SMILES string of the molecule is O=C(Nc1ccccc1)C1(c2cccs2)CCOCC1. The van der Waals surface area contributed by atoms with Crippen molar-refractivity contribution in [3.63, 3.8) is 0 Å². The van der Waals surface area contributed by atoms with Crippen LogP contribution < -0.4 is 5.32 Å². The highest BCUT2D eigenvalue weighted by atomic mass is 32.1. The Bertz CT molecular complexity index is 559. The molecule has 1 fully saturated rings. The van der Waals surface area contributed by atoms with E-state index in [9.17, 15) is 4.79 Å². The van der Waals surface area contributed by atoms with Crippen molar-refractivity contribution in [1.82, 2.24) is 0 Å². The Balaban J connectivity index is 1.88. The molecule has 1 N–H and O–H groups in total. The fourth-order valence-corrected chi connectivity index (χ4v) is 3.61. The normalized spacial score (nSPS) is 17.6. The summed E-state index contributed by atoms with van der Waals surface area (Å²) in [5, 5.41) is 5.08. The van der Waals surface area contributed by atoms with Gasteiger partial charge >= 0.3 is 0 Å². The topological polar surface area (TPSA) is 38.3 Å². The molecule has 1 amide bonds. The molecular weight excluding hydrogens is 270 g/mol. The van der Waals surface area contributed by atoms with Gasteiger partial charge in [0.2, 0.25) is 5.91 Å². The summed E-state index contributed by atoms with van der Waals surface area (Å²) in [6.45, 7) is 1.28. The summed E-state index contributed by atoms with van der Waals surface area (Å²) >= 11 is 1.65. The van der Waals surface area contributed by atoms with Gasteiger partial charge in [-0.1, -0.05) is 24.3 Å². The number of hydrogen-bond donors (Lipinski definition) is 1. The van der Waals surface area contributed by atoms with Gasteiger partial charge in [-0.15, -0.1) is 11.3 Å². The third-order valence-electron chi connectivity index (χ3n) is 3.81. The van der Waals surface area contributed by atoms with E-state index in [0.29, 0.717) is 13.2 Å². The van der Waals surface area contributed by atoms with Crippen molar-refractivity contribution in [1.29, 1.82) is 0 Å². The lowest BCUT2D eigenvalue weighted by molar-refractivity contribution is -0.125. The van der Waals surface area contributed by atoms with Crippen molar-refractivity contribution in [2.24, 2.45) is 0 Å². The minimum atomic E-state index is -0.442. The molecule has 1 aliphatic rings. The number of anilines is 1. The molecule has 0 bridgehead atoms. The monoisotopic (exact) mass is 287 g/mol. The van der Waals surface area contributed by atoms with E-state index >= 15 is 0 Å². The highest BCUT2D eigenvalue weighted by Crippen LogP contribution is 2.38. The first-order valence-electron chi connectivity index (χ1n) is 6.79. The number of carbonyl (C=O) groups excluding carboxylic acids is 1. The van der Waals surface area contributed by atoms with Crippen LogP contribution in [0.25, 0.3) is 0 Å². The van der Waals surface area contributed by atoms with E-state index in [-0.39, 0.29) is 5.91 Å². The number of rotatable bonds is 3. The lowest BCUT2D eigenvalue weighted by Gasteiger charge is -2.35. The first-order chi connectivity index (χ1) is 9.81. The van der Waals surface area contributed by atoms with E-state index in [1.54, 1.807) is 11.3 Å². The smallest absolute Gasteiger partial charge is 0.236 e. The maximum Gasteiger partial charge on any atom is 0.236 e. The number of para-hydroxylation sites is 1. The fourth-order valence-electron chi connectivity index (χ4n) is 2.63. The lowest BCUT2D eigenvalue weighted by Crippen LogP contribution is -2.44. The Morgan fingerprint density at radius 3 is 2.50 bits per heavy atom. The molecule has 0 atom stereocenters. The summed E-state index contributed by atoms with van der Waals surface area (Å²) in [4.78, 5) is 14.0. The van der Waals surface area contributed by atoms with Gasteiger partial charge in [-0.2, -0.15) is 0 Å². The molecule has 1 aromatic heterocycles. The molecule has 20 heavy (non-hydrogen) atoms. The zero-order chi connectivity index (χ0) is 13.8. The van der Waals surface area contributed by atoms with Crippen molar-refractivity contribution in [3.05, 3.63) is 52.7 Å². The molecule has 104 valence electrons. The Morgan fingerprint density at radius 2 is 1.85 bits per heavy atom. The molecule has 2 aromatic rings. The zero-order valence-electron chi connectivity index (χ0n) is 11.2. The molecule has 0 unspecified atom stereocenters. The summed E-state index contributed by atoms with van der Waals surface area (Å²) in [6, 6.07) is 13.7. The van der Waals surface area contributed by atoms with E-state index in [4.69, 9.17) is 4.74 Å². The molecule has 0 radical (unpaired) electrons. The van der Waals surface area contributed by atoms with Gasteiger partial charge in [0, 0.05) is 23.8 Å². The molecule has 1 aliphatic heterocycles. The third-order valence-corrected chi connectivity index (χ3v) is 4.88. The Hall–Kier alpha value is -1.65. The van der Waals surface area contributed by atoms with Gasteiger partial charge in [-0.3, -0.25) is 4.79 Å². The van der Waals surface area contributed by atoms with Crippen molar-refractivity contribution in [2.45, 2.75) is 18.3 Å². The second-order valence-corrected chi connectivity index (χ2v) is 5.94. The molecule has 0 aliphatic carbocycles. The second-order valence-electron chi connectivity index (χ2n) is 4.99. The van der Waals surface area contributed by atoms with Crippen LogP contribution >= 0.6 is 11.3 Å². The molecule has 3 rings (SSSR count). The lowest BCUT2D eigenvalue weighted by atomic mass is 9.78. The van der Waals surface area contributed by atoms with Gasteiger partial charge in [-0.25, -0.2) is 0 Å². The minimum Gasteiger partial charge on any atom is -0.381 e. The average molecular weight is 287 g/mol. The summed E-state index contributed by atoms with van der Waals surface area (Å²) in [6.07, 6.45) is 1.48. The predicted octanol–water partition coefficient (Wildman–Crippen LogP) is 3.44. The van der Waals surface area contributed by atoms with E-state index in [2.05, 4.69) is 11.4 Å². The molecular formula is C16H17NO2S. The molecule has 2 heterocycles. The van der Waals surface area contributed by atoms with Crippen LogP contribution in [-0.4, -0.2) is 19.1 Å². The van der Waals surface area contributed by atoms with E-state index in [1.807, 2.05) is 41.8 Å². The molecule has 4 heteroatoms. The Kier molecular flexibility index (Phi) is 3.85. The molecule has 1 saturated heterocycles. The number of benzene rings is 1. The fraction of sp³-hybridized carbons (Fsp3) is 0.312. The van der Waals surface area contributed by atoms with Crippen LogP contribution in [0.3, 0.4) is 0 Å². The first kappa shape index (κ1) is 13.3. The third kappa shape index (κ3) is 2.49. The molecule has 1 aromatic carbocycles. The first-order valence-corrected chi connectivity index (χ1v) is 7.67. The number of nitrogens with one attached hydrogen (secondary N) is 1. The number of amides is 1. The molecule has 0 spiro atoms. The molecule has 0 saturated carbocycles. The van der Waals surface area contributed by atoms with E-state index in [0.717, 1.165) is 23.4 Å². The van der Waals surface area contributed by atoms with Gasteiger partial charge in [0.1, 0.15) is 0 Å². The van der Waals surface area contributed by atoms with Crippen LogP contribution in [-0.2, 0) is 14.9 Å². The second kappa shape index (κ2) is 5.77. The average Bonchev–Trinajstić information content (AvgIpc) is 3.04. The van der Waals surface area contributed by atoms with Crippen molar-refractivity contribution >= 4 is 22.9 Å². The summed E-state index contributed by atoms with van der Waals surface area (Å²) in [5.74, 6) is 0.0782. The summed E-state index contributed by atoms with van der Waals surface area (Å²) < 4.78 is 5.45. The maximum atomic E-state index is 12.8. The standard InChI is InChI=1S/C16H17NO2S/c18-15(17-13-5-2-1-3-6-13)16(8-10-19-11-9-16)14-7-4-12-20-14/h1-7,12H,8-11H2,(H,17,18). The van der Waals surface area contributed by atoms with Crippen molar-refractivity contribution < 1.29 is 9.53 Å². The maximum absolute atomic E-state index is 12.8. The number of ether oxygens (including phenoxy) is 1. The van der Waals surface area contributed by atoms with Crippen LogP contribution in [0.2, 0.25) is 0 Å². The summed E-state index contributed by atoms with van der Waals surface area (Å²) in [5.41, 5.74) is 0.405. The predicted molar refractivity (Wildman–Crippen MR) is 81.1 cm³/mol.